The van der Waals surface area contributed by atoms with Crippen LogP contribution in [0.2, 0.25) is 5.02 Å². The summed E-state index contributed by atoms with van der Waals surface area (Å²) in [6.07, 6.45) is 5.56. The van der Waals surface area contributed by atoms with Gasteiger partial charge in [-0.3, -0.25) is 4.98 Å². The largest absolute Gasteiger partial charge is 0.396 e. The number of aromatic nitrogens is 1. The monoisotopic (exact) mass is 197 g/mol. The molecule has 70 valence electrons. The van der Waals surface area contributed by atoms with Gasteiger partial charge in [-0.2, -0.15) is 0 Å². The highest BCUT2D eigenvalue weighted by atomic mass is 35.5. The first-order chi connectivity index (χ1) is 6.11. The lowest BCUT2D eigenvalue weighted by Crippen LogP contribution is -2.17. The summed E-state index contributed by atoms with van der Waals surface area (Å²) >= 11 is 5.96. The van der Waals surface area contributed by atoms with Crippen molar-refractivity contribution in [1.29, 1.82) is 0 Å². The van der Waals surface area contributed by atoms with E-state index in [9.17, 15) is 0 Å². The predicted octanol–water partition coefficient (Wildman–Crippen LogP) is 2.28. The Balaban J connectivity index is 2.28. The molecule has 0 amide bonds. The van der Waals surface area contributed by atoms with Crippen LogP contribution in [0.4, 0.5) is 11.4 Å². The molecule has 0 unspecified atom stereocenters. The second-order valence-electron chi connectivity index (χ2n) is 3.77. The summed E-state index contributed by atoms with van der Waals surface area (Å²) < 4.78 is 0. The Hall–Kier alpha value is -0.960. The normalized spacial score (nSPS) is 18.3. The standard InChI is InChI=1S/C9H12ClN3/c1-9(2-3-9)13-8-6(10)4-12-5-7(8)11/h4-5H,2-3,11H2,1H3,(H,12,13). The smallest absolute Gasteiger partial charge is 0.0842 e. The third-order valence-corrected chi connectivity index (χ3v) is 2.64. The van der Waals surface area contributed by atoms with E-state index in [1.807, 2.05) is 0 Å². The number of nitrogens with one attached hydrogen (secondary N) is 1. The minimum absolute atomic E-state index is 0.194. The molecule has 1 aliphatic carbocycles. The van der Waals surface area contributed by atoms with E-state index in [2.05, 4.69) is 17.2 Å². The number of anilines is 2. The molecule has 4 heteroatoms. The fourth-order valence-corrected chi connectivity index (χ4v) is 1.41. The molecule has 0 aliphatic heterocycles. The van der Waals surface area contributed by atoms with Crippen LogP contribution in [0.5, 0.6) is 0 Å². The summed E-state index contributed by atoms with van der Waals surface area (Å²) in [6, 6.07) is 0. The Morgan fingerprint density at radius 1 is 1.54 bits per heavy atom. The zero-order valence-electron chi connectivity index (χ0n) is 7.47. The van der Waals surface area contributed by atoms with Crippen molar-refractivity contribution < 1.29 is 0 Å². The third kappa shape index (κ3) is 1.70. The van der Waals surface area contributed by atoms with Crippen LogP contribution in [-0.4, -0.2) is 10.5 Å². The Labute approximate surface area is 82.3 Å². The molecule has 3 nitrogen and oxygen atoms in total. The molecule has 1 aliphatic rings. The van der Waals surface area contributed by atoms with Gasteiger partial charge in [0.25, 0.3) is 0 Å². The second-order valence-corrected chi connectivity index (χ2v) is 4.18. The SMILES string of the molecule is CC1(Nc2c(N)cncc2Cl)CC1. The number of rotatable bonds is 2. The molecule has 0 saturated heterocycles. The number of nitrogens with zero attached hydrogens (tertiary/aromatic N) is 1. The first-order valence-corrected chi connectivity index (χ1v) is 4.66. The zero-order chi connectivity index (χ0) is 9.47. The van der Waals surface area contributed by atoms with Gasteiger partial charge in [-0.1, -0.05) is 11.6 Å². The number of halogens is 1. The van der Waals surface area contributed by atoms with E-state index in [-0.39, 0.29) is 5.54 Å². The Bertz CT molecular complexity index is 313. The van der Waals surface area contributed by atoms with E-state index in [0.29, 0.717) is 10.7 Å². The quantitative estimate of drug-likeness (QED) is 0.765. The number of nitrogen functional groups attached to an aromatic ring is 1. The fourth-order valence-electron chi connectivity index (χ4n) is 1.20. The van der Waals surface area contributed by atoms with Crippen molar-refractivity contribution in [1.82, 2.24) is 4.98 Å². The summed E-state index contributed by atoms with van der Waals surface area (Å²) in [5.74, 6) is 0. The van der Waals surface area contributed by atoms with E-state index in [1.165, 1.54) is 12.8 Å². The molecule has 2 rings (SSSR count). The average Bonchev–Trinajstić information content (AvgIpc) is 2.78. The molecule has 1 aromatic rings. The summed E-state index contributed by atoms with van der Waals surface area (Å²) in [6.45, 7) is 2.16. The molecule has 1 heterocycles. The molecule has 0 bridgehead atoms. The van der Waals surface area contributed by atoms with Crippen LogP contribution in [0.25, 0.3) is 0 Å². The molecule has 1 aromatic heterocycles. The molecule has 0 spiro atoms. The van der Waals surface area contributed by atoms with Crippen molar-refractivity contribution in [3.63, 3.8) is 0 Å². The summed E-state index contributed by atoms with van der Waals surface area (Å²) in [7, 11) is 0. The second kappa shape index (κ2) is 2.77. The molecule has 3 N–H and O–H groups in total. The number of hydrogen-bond acceptors (Lipinski definition) is 3. The van der Waals surface area contributed by atoms with Gasteiger partial charge in [0.15, 0.2) is 0 Å². The van der Waals surface area contributed by atoms with Gasteiger partial charge in [0.05, 0.1) is 22.6 Å². The topological polar surface area (TPSA) is 50.9 Å². The highest BCUT2D eigenvalue weighted by Crippen LogP contribution is 2.41. The minimum Gasteiger partial charge on any atom is -0.396 e. The highest BCUT2D eigenvalue weighted by Gasteiger charge is 2.37. The van der Waals surface area contributed by atoms with Crippen LogP contribution >= 0.6 is 11.6 Å². The number of pyridine rings is 1. The van der Waals surface area contributed by atoms with Gasteiger partial charge in [-0.25, -0.2) is 0 Å². The van der Waals surface area contributed by atoms with Crippen molar-refractivity contribution >= 4 is 23.0 Å². The minimum atomic E-state index is 0.194. The van der Waals surface area contributed by atoms with Gasteiger partial charge >= 0.3 is 0 Å². The van der Waals surface area contributed by atoms with E-state index in [1.54, 1.807) is 12.4 Å². The van der Waals surface area contributed by atoms with Crippen LogP contribution in [0.15, 0.2) is 12.4 Å². The van der Waals surface area contributed by atoms with E-state index in [0.717, 1.165) is 5.69 Å². The van der Waals surface area contributed by atoms with Crippen molar-refractivity contribution in [2.45, 2.75) is 25.3 Å². The van der Waals surface area contributed by atoms with Crippen LogP contribution < -0.4 is 11.1 Å². The number of nitrogens with two attached hydrogens (primary N) is 1. The third-order valence-electron chi connectivity index (χ3n) is 2.36. The van der Waals surface area contributed by atoms with E-state index >= 15 is 0 Å². The average molecular weight is 198 g/mol. The molecule has 1 saturated carbocycles. The van der Waals surface area contributed by atoms with Crippen molar-refractivity contribution in [3.05, 3.63) is 17.4 Å². The van der Waals surface area contributed by atoms with Gasteiger partial charge in [-0.05, 0) is 19.8 Å². The zero-order valence-corrected chi connectivity index (χ0v) is 8.23. The van der Waals surface area contributed by atoms with Gasteiger partial charge in [-0.15, -0.1) is 0 Å². The molecule has 1 fully saturated rings. The van der Waals surface area contributed by atoms with Crippen LogP contribution in [-0.2, 0) is 0 Å². The molecular formula is C9H12ClN3. The molecule has 13 heavy (non-hydrogen) atoms. The van der Waals surface area contributed by atoms with E-state index < -0.39 is 0 Å². The Morgan fingerprint density at radius 3 is 2.77 bits per heavy atom. The maximum Gasteiger partial charge on any atom is 0.0842 e. The van der Waals surface area contributed by atoms with Crippen LogP contribution in [0, 0.1) is 0 Å². The van der Waals surface area contributed by atoms with Gasteiger partial charge in [0, 0.05) is 11.7 Å². The van der Waals surface area contributed by atoms with Crippen LogP contribution in [0.1, 0.15) is 19.8 Å². The summed E-state index contributed by atoms with van der Waals surface area (Å²) in [5.41, 5.74) is 7.37. The first-order valence-electron chi connectivity index (χ1n) is 4.28. The van der Waals surface area contributed by atoms with Crippen molar-refractivity contribution in [2.24, 2.45) is 0 Å². The highest BCUT2D eigenvalue weighted by molar-refractivity contribution is 6.33. The van der Waals surface area contributed by atoms with Gasteiger partial charge in [0.2, 0.25) is 0 Å². The molecular weight excluding hydrogens is 186 g/mol. The lowest BCUT2D eigenvalue weighted by atomic mass is 10.2. The Kier molecular flexibility index (Phi) is 1.84. The molecule has 0 atom stereocenters. The molecule has 0 aromatic carbocycles. The fraction of sp³-hybridized carbons (Fsp3) is 0.444. The molecule has 0 radical (unpaired) electrons. The van der Waals surface area contributed by atoms with Gasteiger partial charge in [0.1, 0.15) is 0 Å². The van der Waals surface area contributed by atoms with Crippen LogP contribution in [0.3, 0.4) is 0 Å². The lowest BCUT2D eigenvalue weighted by molar-refractivity contribution is 0.829. The van der Waals surface area contributed by atoms with E-state index in [4.69, 9.17) is 17.3 Å². The summed E-state index contributed by atoms with van der Waals surface area (Å²) in [5, 5.41) is 3.92. The maximum absolute atomic E-state index is 5.96. The number of hydrogen-bond donors (Lipinski definition) is 2. The Morgan fingerprint density at radius 2 is 2.23 bits per heavy atom. The van der Waals surface area contributed by atoms with Crippen molar-refractivity contribution in [3.8, 4) is 0 Å². The maximum atomic E-state index is 5.96. The summed E-state index contributed by atoms with van der Waals surface area (Å²) in [4.78, 5) is 3.90. The first kappa shape index (κ1) is 8.63. The van der Waals surface area contributed by atoms with Crippen molar-refractivity contribution in [2.75, 3.05) is 11.1 Å². The van der Waals surface area contributed by atoms with Gasteiger partial charge < -0.3 is 11.1 Å². The predicted molar refractivity (Wildman–Crippen MR) is 54.9 cm³/mol. The lowest BCUT2D eigenvalue weighted by Gasteiger charge is -2.15.